The van der Waals surface area contributed by atoms with E-state index in [-0.39, 0.29) is 10.0 Å². The lowest BCUT2D eigenvalue weighted by molar-refractivity contribution is -0.386. The van der Waals surface area contributed by atoms with Gasteiger partial charge >= 0.3 is 5.97 Å². The van der Waals surface area contributed by atoms with Crippen LogP contribution in [0.2, 0.25) is 10.0 Å². The van der Waals surface area contributed by atoms with Gasteiger partial charge < -0.3 is 15.3 Å². The number of nitrogens with zero attached hydrogens (tertiary/aromatic N) is 1. The lowest BCUT2D eigenvalue weighted by atomic mass is 10.0. The van der Waals surface area contributed by atoms with Crippen LogP contribution in [0.25, 0.3) is 0 Å². The van der Waals surface area contributed by atoms with E-state index in [9.17, 15) is 20.0 Å². The lowest BCUT2D eigenvalue weighted by Crippen LogP contribution is -2.28. The van der Waals surface area contributed by atoms with E-state index in [2.05, 4.69) is 0 Å². The molecule has 0 amide bonds. The zero-order valence-corrected chi connectivity index (χ0v) is 10.1. The number of carbonyl (C=O) groups is 1. The van der Waals surface area contributed by atoms with E-state index in [4.69, 9.17) is 33.4 Å². The number of rotatable bonds is 4. The van der Waals surface area contributed by atoms with E-state index in [0.717, 1.165) is 12.1 Å². The summed E-state index contributed by atoms with van der Waals surface area (Å²) in [7, 11) is 0. The number of aliphatic hydroxyl groups is 2. The number of nitro benzene ring substituents is 1. The Labute approximate surface area is 110 Å². The van der Waals surface area contributed by atoms with E-state index in [1.807, 2.05) is 0 Å². The Morgan fingerprint density at radius 2 is 1.78 bits per heavy atom. The van der Waals surface area contributed by atoms with Crippen LogP contribution in [-0.4, -0.2) is 32.3 Å². The topological polar surface area (TPSA) is 121 Å². The van der Waals surface area contributed by atoms with Gasteiger partial charge in [-0.05, 0) is 6.07 Å². The summed E-state index contributed by atoms with van der Waals surface area (Å²) in [4.78, 5) is 20.4. The Morgan fingerprint density at radius 3 is 2.22 bits per heavy atom. The first-order valence-corrected chi connectivity index (χ1v) is 5.23. The van der Waals surface area contributed by atoms with Crippen LogP contribution in [-0.2, 0) is 4.79 Å². The smallest absolute Gasteiger partial charge is 0.335 e. The number of halogens is 2. The first-order valence-electron chi connectivity index (χ1n) is 4.48. The van der Waals surface area contributed by atoms with Gasteiger partial charge in [-0.25, -0.2) is 4.79 Å². The molecule has 1 rings (SSSR count). The maximum atomic E-state index is 10.7. The molecule has 9 heteroatoms. The summed E-state index contributed by atoms with van der Waals surface area (Å²) in [5.74, 6) is -1.72. The van der Waals surface area contributed by atoms with Crippen LogP contribution in [0.5, 0.6) is 0 Å². The standard InChI is InChI=1S/C9H7Cl2NO6/c10-4-1-3(7(13)8(14)9(15)16)6(12(17)18)2-5(4)11/h1-2,7-8,13-14H,(H,15,16). The van der Waals surface area contributed by atoms with Gasteiger partial charge in [0.15, 0.2) is 6.10 Å². The van der Waals surface area contributed by atoms with Crippen molar-refractivity contribution >= 4 is 34.9 Å². The fraction of sp³-hybridized carbons (Fsp3) is 0.222. The average Bonchev–Trinajstić information content (AvgIpc) is 2.29. The highest BCUT2D eigenvalue weighted by atomic mass is 35.5. The van der Waals surface area contributed by atoms with Crippen molar-refractivity contribution in [3.05, 3.63) is 37.9 Å². The number of hydrogen-bond acceptors (Lipinski definition) is 5. The van der Waals surface area contributed by atoms with Crippen LogP contribution in [0.4, 0.5) is 5.69 Å². The third-order valence-corrected chi connectivity index (χ3v) is 2.86. The van der Waals surface area contributed by atoms with Crippen LogP contribution >= 0.6 is 23.2 Å². The molecule has 98 valence electrons. The van der Waals surface area contributed by atoms with Crippen LogP contribution in [0, 0.1) is 10.1 Å². The summed E-state index contributed by atoms with van der Waals surface area (Å²) in [6, 6.07) is 1.82. The predicted molar refractivity (Wildman–Crippen MR) is 61.7 cm³/mol. The average molecular weight is 296 g/mol. The van der Waals surface area contributed by atoms with Crippen molar-refractivity contribution in [2.24, 2.45) is 0 Å². The van der Waals surface area contributed by atoms with Crippen molar-refractivity contribution in [1.29, 1.82) is 0 Å². The molecule has 1 aromatic carbocycles. The van der Waals surface area contributed by atoms with E-state index in [0.29, 0.717) is 0 Å². The third kappa shape index (κ3) is 2.88. The van der Waals surface area contributed by atoms with Crippen LogP contribution in [0.3, 0.4) is 0 Å². The summed E-state index contributed by atoms with van der Waals surface area (Å²) in [5, 5.41) is 37.8. The second kappa shape index (κ2) is 5.49. The molecule has 1 aromatic rings. The van der Waals surface area contributed by atoms with Crippen molar-refractivity contribution in [2.75, 3.05) is 0 Å². The van der Waals surface area contributed by atoms with Crippen molar-refractivity contribution < 1.29 is 25.0 Å². The largest absolute Gasteiger partial charge is 0.479 e. The van der Waals surface area contributed by atoms with Gasteiger partial charge in [0.25, 0.3) is 5.69 Å². The quantitative estimate of drug-likeness (QED) is 0.570. The van der Waals surface area contributed by atoms with Crippen LogP contribution in [0.15, 0.2) is 12.1 Å². The molecule has 0 saturated heterocycles. The first kappa shape index (κ1) is 14.7. The first-order chi connectivity index (χ1) is 8.25. The molecule has 18 heavy (non-hydrogen) atoms. The molecule has 0 radical (unpaired) electrons. The number of hydrogen-bond donors (Lipinski definition) is 3. The van der Waals surface area contributed by atoms with Gasteiger partial charge in [-0.1, -0.05) is 23.2 Å². The molecule has 0 bridgehead atoms. The molecule has 0 aromatic heterocycles. The third-order valence-electron chi connectivity index (χ3n) is 2.14. The number of benzene rings is 1. The highest BCUT2D eigenvalue weighted by Crippen LogP contribution is 2.34. The SMILES string of the molecule is O=C(O)C(O)C(O)c1cc(Cl)c(Cl)cc1[N+](=O)[O-]. The lowest BCUT2D eigenvalue weighted by Gasteiger charge is -2.15. The van der Waals surface area contributed by atoms with Crippen molar-refractivity contribution in [3.63, 3.8) is 0 Å². The molecule has 7 nitrogen and oxygen atoms in total. The van der Waals surface area contributed by atoms with Gasteiger partial charge in [0, 0.05) is 6.07 Å². The van der Waals surface area contributed by atoms with Crippen LogP contribution in [0.1, 0.15) is 11.7 Å². The second-order valence-electron chi connectivity index (χ2n) is 3.31. The fourth-order valence-corrected chi connectivity index (χ4v) is 1.58. The second-order valence-corrected chi connectivity index (χ2v) is 4.12. The molecular formula is C9H7Cl2NO6. The molecule has 0 fully saturated rings. The van der Waals surface area contributed by atoms with E-state index >= 15 is 0 Å². The molecule has 0 aliphatic heterocycles. The molecule has 0 saturated carbocycles. The Kier molecular flexibility index (Phi) is 4.47. The summed E-state index contributed by atoms with van der Waals surface area (Å²) >= 11 is 11.2. The Morgan fingerprint density at radius 1 is 1.28 bits per heavy atom. The molecule has 0 aliphatic rings. The van der Waals surface area contributed by atoms with Crippen LogP contribution < -0.4 is 0 Å². The van der Waals surface area contributed by atoms with Gasteiger partial charge in [0.1, 0.15) is 6.10 Å². The number of aliphatic hydroxyl groups excluding tert-OH is 2. The predicted octanol–water partition coefficient (Wildman–Crippen LogP) is 1.38. The van der Waals surface area contributed by atoms with Crippen molar-refractivity contribution in [1.82, 2.24) is 0 Å². The summed E-state index contributed by atoms with van der Waals surface area (Å²) < 4.78 is 0. The molecule has 2 unspecified atom stereocenters. The van der Waals surface area contributed by atoms with E-state index < -0.39 is 34.4 Å². The zero-order valence-electron chi connectivity index (χ0n) is 8.58. The minimum atomic E-state index is -2.21. The molecular weight excluding hydrogens is 289 g/mol. The minimum absolute atomic E-state index is 0.103. The van der Waals surface area contributed by atoms with Crippen molar-refractivity contribution in [3.8, 4) is 0 Å². The molecule has 0 heterocycles. The molecule has 0 aliphatic carbocycles. The van der Waals surface area contributed by atoms with Gasteiger partial charge in [-0.15, -0.1) is 0 Å². The Hall–Kier alpha value is -1.41. The van der Waals surface area contributed by atoms with Gasteiger partial charge in [-0.2, -0.15) is 0 Å². The number of aliphatic carboxylic acids is 1. The minimum Gasteiger partial charge on any atom is -0.479 e. The van der Waals surface area contributed by atoms with E-state index in [1.165, 1.54) is 0 Å². The molecule has 2 atom stereocenters. The normalized spacial score (nSPS) is 14.0. The van der Waals surface area contributed by atoms with Gasteiger partial charge in [0.2, 0.25) is 0 Å². The molecule has 0 spiro atoms. The van der Waals surface area contributed by atoms with Gasteiger partial charge in [0.05, 0.1) is 20.5 Å². The number of carboxylic acids is 1. The van der Waals surface area contributed by atoms with E-state index in [1.54, 1.807) is 0 Å². The van der Waals surface area contributed by atoms with Crippen molar-refractivity contribution in [2.45, 2.75) is 12.2 Å². The summed E-state index contributed by atoms with van der Waals surface area (Å²) in [6.45, 7) is 0. The zero-order chi connectivity index (χ0) is 14.0. The molecule has 3 N–H and O–H groups in total. The highest BCUT2D eigenvalue weighted by molar-refractivity contribution is 6.42. The number of carboxylic acid groups (broad SMARTS) is 1. The maximum Gasteiger partial charge on any atom is 0.335 e. The fourth-order valence-electron chi connectivity index (χ4n) is 1.25. The van der Waals surface area contributed by atoms with Gasteiger partial charge in [-0.3, -0.25) is 10.1 Å². The number of nitro groups is 1. The Balaban J connectivity index is 3.34. The summed E-state index contributed by atoms with van der Waals surface area (Å²) in [5.41, 5.74) is -1.05. The summed E-state index contributed by atoms with van der Waals surface area (Å²) in [6.07, 6.45) is -4.20. The highest BCUT2D eigenvalue weighted by Gasteiger charge is 2.31. The Bertz CT molecular complexity index is 506. The maximum absolute atomic E-state index is 10.7. The monoisotopic (exact) mass is 295 g/mol.